The van der Waals surface area contributed by atoms with E-state index >= 15 is 0 Å². The second kappa shape index (κ2) is 11.8. The van der Waals surface area contributed by atoms with Gasteiger partial charge in [0.2, 0.25) is 5.91 Å². The first kappa shape index (κ1) is 27.2. The van der Waals surface area contributed by atoms with E-state index in [1.165, 1.54) is 6.42 Å². The van der Waals surface area contributed by atoms with Crippen molar-refractivity contribution in [2.45, 2.75) is 59.3 Å². The maximum absolute atomic E-state index is 13.6. The Morgan fingerprint density at radius 1 is 0.895 bits per heavy atom. The average molecular weight is 536 g/mol. The fourth-order valence-corrected chi connectivity index (χ4v) is 7.06. The molecule has 2 aromatic rings. The van der Waals surface area contributed by atoms with E-state index in [9.17, 15) is 9.59 Å². The average Bonchev–Trinajstić information content (AvgIpc) is 3.47. The van der Waals surface area contributed by atoms with Crippen molar-refractivity contribution in [2.24, 2.45) is 17.8 Å². The van der Waals surface area contributed by atoms with E-state index in [4.69, 9.17) is 11.6 Å². The van der Waals surface area contributed by atoms with E-state index in [1.54, 1.807) is 0 Å². The molecular weight excluding hydrogens is 494 g/mol. The van der Waals surface area contributed by atoms with Gasteiger partial charge in [-0.15, -0.1) is 0 Å². The van der Waals surface area contributed by atoms with Gasteiger partial charge in [0.25, 0.3) is 5.91 Å². The lowest BCUT2D eigenvalue weighted by Crippen LogP contribution is -2.39. The molecule has 3 aliphatic rings. The Labute approximate surface area is 233 Å². The van der Waals surface area contributed by atoms with E-state index in [1.807, 2.05) is 62.1 Å². The Hall–Kier alpha value is -2.37. The lowest BCUT2D eigenvalue weighted by Gasteiger charge is -2.30. The van der Waals surface area contributed by atoms with Gasteiger partial charge in [0.15, 0.2) is 0 Å². The fourth-order valence-electron chi connectivity index (χ4n) is 6.89. The van der Waals surface area contributed by atoms with Gasteiger partial charge in [-0.3, -0.25) is 9.59 Å². The number of rotatable bonds is 7. The Morgan fingerprint density at radius 2 is 1.55 bits per heavy atom. The van der Waals surface area contributed by atoms with E-state index in [-0.39, 0.29) is 17.7 Å². The smallest absolute Gasteiger partial charge is 0.254 e. The van der Waals surface area contributed by atoms with Gasteiger partial charge in [0.1, 0.15) is 0 Å². The number of carbonyl (C=O) groups is 2. The molecule has 2 atom stereocenters. The molecule has 2 saturated heterocycles. The number of halogens is 1. The van der Waals surface area contributed by atoms with Crippen molar-refractivity contribution in [3.8, 4) is 0 Å². The number of carbonyl (C=O) groups excluding carboxylic acids is 2. The molecule has 204 valence electrons. The number of fused-ring (bicyclic) bond motifs is 1. The summed E-state index contributed by atoms with van der Waals surface area (Å²) in [5.41, 5.74) is 4.97. The number of hydrogen-bond acceptors (Lipinski definition) is 3. The molecule has 1 saturated carbocycles. The molecule has 0 N–H and O–H groups in total. The molecule has 38 heavy (non-hydrogen) atoms. The zero-order chi connectivity index (χ0) is 26.8. The van der Waals surface area contributed by atoms with Crippen LogP contribution in [-0.2, 0) is 4.79 Å². The van der Waals surface area contributed by atoms with Crippen molar-refractivity contribution in [1.29, 1.82) is 0 Å². The summed E-state index contributed by atoms with van der Waals surface area (Å²) in [6, 6.07) is 12.1. The Balaban J connectivity index is 1.17. The molecule has 3 fully saturated rings. The van der Waals surface area contributed by atoms with Crippen molar-refractivity contribution in [3.63, 3.8) is 0 Å². The van der Waals surface area contributed by atoms with Crippen molar-refractivity contribution in [2.75, 3.05) is 44.2 Å². The number of amides is 2. The lowest BCUT2D eigenvalue weighted by molar-refractivity contribution is -0.123. The molecule has 6 heteroatoms. The minimum absolute atomic E-state index is 0.135. The number of hydrogen-bond donors (Lipinski definition) is 0. The van der Waals surface area contributed by atoms with Crippen LogP contribution in [-0.4, -0.2) is 60.9 Å². The quantitative estimate of drug-likeness (QED) is 0.419. The number of nitrogens with zero attached hydrogens (tertiary/aromatic N) is 3. The topological polar surface area (TPSA) is 43.9 Å². The highest BCUT2D eigenvalue weighted by atomic mass is 35.5. The van der Waals surface area contributed by atoms with Gasteiger partial charge in [0, 0.05) is 54.9 Å². The van der Waals surface area contributed by atoms with Gasteiger partial charge < -0.3 is 14.7 Å². The second-order valence-corrected chi connectivity index (χ2v) is 12.3. The highest BCUT2D eigenvalue weighted by Gasteiger charge is 2.42. The third-order valence-corrected chi connectivity index (χ3v) is 9.49. The molecule has 0 aromatic heterocycles. The fraction of sp³-hybridized carbons (Fsp3) is 0.562. The van der Waals surface area contributed by atoms with Crippen LogP contribution >= 0.6 is 11.6 Å². The van der Waals surface area contributed by atoms with Crippen LogP contribution in [0.15, 0.2) is 36.4 Å². The molecule has 2 unspecified atom stereocenters. The summed E-state index contributed by atoms with van der Waals surface area (Å²) < 4.78 is 0. The monoisotopic (exact) mass is 535 g/mol. The number of aryl methyl sites for hydroxylation is 3. The number of benzene rings is 2. The van der Waals surface area contributed by atoms with E-state index < -0.39 is 0 Å². The summed E-state index contributed by atoms with van der Waals surface area (Å²) in [6.07, 6.45) is 6.49. The molecule has 2 heterocycles. The Kier molecular flexibility index (Phi) is 8.44. The van der Waals surface area contributed by atoms with Crippen LogP contribution in [0.4, 0.5) is 5.69 Å². The molecule has 2 aromatic carbocycles. The van der Waals surface area contributed by atoms with Crippen LogP contribution in [0.3, 0.4) is 0 Å². The van der Waals surface area contributed by atoms with E-state index in [2.05, 4.69) is 9.80 Å². The minimum Gasteiger partial charge on any atom is -0.338 e. The van der Waals surface area contributed by atoms with Crippen LogP contribution in [0.5, 0.6) is 0 Å². The highest BCUT2D eigenvalue weighted by Crippen LogP contribution is 2.33. The minimum atomic E-state index is 0.135. The van der Waals surface area contributed by atoms with Crippen molar-refractivity contribution < 1.29 is 9.59 Å². The van der Waals surface area contributed by atoms with Crippen LogP contribution in [0, 0.1) is 38.5 Å². The van der Waals surface area contributed by atoms with Gasteiger partial charge in [-0.25, -0.2) is 0 Å². The molecule has 1 aliphatic carbocycles. The largest absolute Gasteiger partial charge is 0.338 e. The molecule has 5 rings (SSSR count). The molecule has 5 nitrogen and oxygen atoms in total. The highest BCUT2D eigenvalue weighted by molar-refractivity contribution is 6.31. The van der Waals surface area contributed by atoms with Crippen molar-refractivity contribution in [3.05, 3.63) is 63.7 Å². The molecule has 2 aliphatic heterocycles. The standard InChI is InChI=1S/C32H42ClN3O2/c1-22-13-14-28(17-29(22)33)36(31(37)25-11-5-4-6-12-25)16-8-15-34-18-26-20-35(21-27(26)19-34)32(38)30-23(2)9-7-10-24(30)3/h7,9-10,13-14,17,25-27H,4-6,8,11-12,15-16,18-21H2,1-3H3. The van der Waals surface area contributed by atoms with Gasteiger partial charge in [-0.05, 0) is 87.2 Å². The summed E-state index contributed by atoms with van der Waals surface area (Å²) >= 11 is 6.46. The molecule has 0 radical (unpaired) electrons. The first-order valence-corrected chi connectivity index (χ1v) is 14.8. The van der Waals surface area contributed by atoms with Crippen LogP contribution in [0.25, 0.3) is 0 Å². The lowest BCUT2D eigenvalue weighted by atomic mass is 9.88. The summed E-state index contributed by atoms with van der Waals surface area (Å²) in [7, 11) is 0. The van der Waals surface area contributed by atoms with Gasteiger partial charge >= 0.3 is 0 Å². The maximum atomic E-state index is 13.6. The third kappa shape index (κ3) is 5.79. The number of likely N-dealkylation sites (tertiary alicyclic amines) is 2. The van der Waals surface area contributed by atoms with Gasteiger partial charge in [-0.1, -0.05) is 55.1 Å². The first-order valence-electron chi connectivity index (χ1n) is 14.5. The third-order valence-electron chi connectivity index (χ3n) is 9.09. The summed E-state index contributed by atoms with van der Waals surface area (Å²) in [5, 5.41) is 0.719. The maximum Gasteiger partial charge on any atom is 0.254 e. The SMILES string of the molecule is Cc1ccc(N(CCCN2CC3CN(C(=O)c4c(C)cccc4C)CC3C2)C(=O)C2CCCCC2)cc1Cl. The molecule has 0 bridgehead atoms. The van der Waals surface area contributed by atoms with Crippen LogP contribution in [0.1, 0.15) is 65.6 Å². The molecule has 2 amide bonds. The zero-order valence-electron chi connectivity index (χ0n) is 23.2. The number of anilines is 1. The zero-order valence-corrected chi connectivity index (χ0v) is 24.0. The van der Waals surface area contributed by atoms with Crippen LogP contribution in [0.2, 0.25) is 5.02 Å². The van der Waals surface area contributed by atoms with Gasteiger partial charge in [-0.2, -0.15) is 0 Å². The second-order valence-electron chi connectivity index (χ2n) is 11.9. The predicted molar refractivity (Wildman–Crippen MR) is 155 cm³/mol. The molecule has 0 spiro atoms. The van der Waals surface area contributed by atoms with Gasteiger partial charge in [0.05, 0.1) is 0 Å². The normalized spacial score (nSPS) is 22.1. The first-order chi connectivity index (χ1) is 18.3. The Morgan fingerprint density at radius 3 is 2.18 bits per heavy atom. The summed E-state index contributed by atoms with van der Waals surface area (Å²) in [4.78, 5) is 33.5. The summed E-state index contributed by atoms with van der Waals surface area (Å²) in [6.45, 7) is 11.5. The van der Waals surface area contributed by atoms with E-state index in [0.29, 0.717) is 11.8 Å². The van der Waals surface area contributed by atoms with E-state index in [0.717, 1.165) is 104 Å². The van der Waals surface area contributed by atoms with Crippen LogP contribution < -0.4 is 4.90 Å². The Bertz CT molecular complexity index is 1140. The summed E-state index contributed by atoms with van der Waals surface area (Å²) in [5.74, 6) is 1.67. The van der Waals surface area contributed by atoms with Crippen molar-refractivity contribution >= 4 is 29.1 Å². The predicted octanol–water partition coefficient (Wildman–Crippen LogP) is 6.27. The van der Waals surface area contributed by atoms with Crippen molar-refractivity contribution in [1.82, 2.24) is 9.80 Å². The molecular formula is C32H42ClN3O2.